The maximum Gasteiger partial charge on any atom is 0.0621 e. The Balaban J connectivity index is 3.25. The first kappa shape index (κ1) is 36.5. The van der Waals surface area contributed by atoms with Gasteiger partial charge in [0.1, 0.15) is 0 Å². The van der Waals surface area contributed by atoms with Gasteiger partial charge >= 0.3 is 0 Å². The Bertz CT molecular complexity index is 450. The Morgan fingerprint density at radius 3 is 0.973 bits per heavy atom. The zero-order chi connectivity index (χ0) is 27.1. The van der Waals surface area contributed by atoms with Gasteiger partial charge in [-0.2, -0.15) is 5.26 Å². The second-order valence-corrected chi connectivity index (χ2v) is 12.8. The van der Waals surface area contributed by atoms with Crippen molar-refractivity contribution >= 4 is 0 Å². The molecule has 0 aromatic rings. The molecule has 0 N–H and O–H groups in total. The van der Waals surface area contributed by atoms with E-state index in [4.69, 9.17) is 5.26 Å². The van der Waals surface area contributed by atoms with Crippen LogP contribution in [0.5, 0.6) is 0 Å². The smallest absolute Gasteiger partial charge is 0.0621 e. The van der Waals surface area contributed by atoms with E-state index in [-0.39, 0.29) is 0 Å². The van der Waals surface area contributed by atoms with Gasteiger partial charge in [0.25, 0.3) is 0 Å². The minimum absolute atomic E-state index is 0.748. The predicted octanol–water partition coefficient (Wildman–Crippen LogP) is 13.5. The van der Waals surface area contributed by atoms with Crippen molar-refractivity contribution in [1.29, 1.82) is 5.26 Å². The van der Waals surface area contributed by atoms with Gasteiger partial charge in [-0.15, -0.1) is 0 Å². The summed E-state index contributed by atoms with van der Waals surface area (Å²) in [6.45, 7) is 7.30. The fraction of sp³-hybridized carbons (Fsp3) is 0.972. The fourth-order valence-corrected chi connectivity index (χ4v) is 5.90. The second-order valence-electron chi connectivity index (χ2n) is 12.8. The summed E-state index contributed by atoms with van der Waals surface area (Å²) in [5.74, 6) is 1.89. The lowest BCUT2D eigenvalue weighted by Gasteiger charge is -2.14. The lowest BCUT2D eigenvalue weighted by molar-refractivity contribution is 0.390. The summed E-state index contributed by atoms with van der Waals surface area (Å²) in [4.78, 5) is 0. The molecule has 0 saturated carbocycles. The number of nitrogens with zero attached hydrogens (tertiary/aromatic N) is 1. The quantitative estimate of drug-likeness (QED) is 0.0838. The van der Waals surface area contributed by atoms with Gasteiger partial charge in [-0.05, 0) is 18.3 Å². The van der Waals surface area contributed by atoms with E-state index in [0.717, 1.165) is 24.7 Å². The van der Waals surface area contributed by atoms with Crippen LogP contribution in [-0.2, 0) is 0 Å². The van der Waals surface area contributed by atoms with Crippen LogP contribution in [0.4, 0.5) is 0 Å². The molecule has 1 heteroatoms. The lowest BCUT2D eigenvalue weighted by atomic mass is 9.92. The highest BCUT2D eigenvalue weighted by molar-refractivity contribution is 4.67. The van der Waals surface area contributed by atoms with Crippen molar-refractivity contribution in [2.45, 2.75) is 213 Å². The van der Waals surface area contributed by atoms with Crippen LogP contribution in [-0.4, -0.2) is 0 Å². The normalized spacial score (nSPS) is 13.0. The average Bonchev–Trinajstić information content (AvgIpc) is 2.89. The molecule has 1 nitrogen and oxygen atoms in total. The van der Waals surface area contributed by atoms with Crippen molar-refractivity contribution in [3.8, 4) is 6.07 Å². The Labute approximate surface area is 236 Å². The average molecular weight is 518 g/mol. The zero-order valence-electron chi connectivity index (χ0n) is 26.3. The van der Waals surface area contributed by atoms with Crippen LogP contribution in [0, 0.1) is 23.2 Å². The molecular formula is C36H71N. The molecular weight excluding hydrogens is 446 g/mol. The molecule has 2 unspecified atom stereocenters. The third kappa shape index (κ3) is 31.6. The van der Waals surface area contributed by atoms with Crippen molar-refractivity contribution in [3.05, 3.63) is 0 Å². The number of hydrogen-bond donors (Lipinski definition) is 0. The molecule has 0 bridgehead atoms. The highest BCUT2D eigenvalue weighted by atomic mass is 14.2. The van der Waals surface area contributed by atoms with E-state index in [1.54, 1.807) is 0 Å². The topological polar surface area (TPSA) is 23.8 Å². The van der Waals surface area contributed by atoms with Gasteiger partial charge in [0.05, 0.1) is 6.07 Å². The van der Waals surface area contributed by atoms with Crippen LogP contribution >= 0.6 is 0 Å². The Morgan fingerprint density at radius 1 is 0.378 bits per heavy atom. The minimum atomic E-state index is 0.748. The van der Waals surface area contributed by atoms with Crippen LogP contribution in [0.25, 0.3) is 0 Å². The Kier molecular flexibility index (Phi) is 31.3. The van der Waals surface area contributed by atoms with Crippen molar-refractivity contribution in [1.82, 2.24) is 0 Å². The van der Waals surface area contributed by atoms with Crippen LogP contribution in [0.1, 0.15) is 213 Å². The molecule has 0 rings (SSSR count). The van der Waals surface area contributed by atoms with Crippen molar-refractivity contribution in [3.63, 3.8) is 0 Å². The van der Waals surface area contributed by atoms with Gasteiger partial charge in [0, 0.05) is 6.42 Å². The summed E-state index contributed by atoms with van der Waals surface area (Å²) in [5.41, 5.74) is 0. The van der Waals surface area contributed by atoms with Crippen molar-refractivity contribution < 1.29 is 0 Å². The highest BCUT2D eigenvalue weighted by Gasteiger charge is 2.06. The first-order valence-electron chi connectivity index (χ1n) is 17.6. The summed E-state index contributed by atoms with van der Waals surface area (Å²) in [6.07, 6.45) is 42.2. The van der Waals surface area contributed by atoms with Gasteiger partial charge in [-0.3, -0.25) is 0 Å². The van der Waals surface area contributed by atoms with Crippen LogP contribution in [0.2, 0.25) is 0 Å². The van der Waals surface area contributed by atoms with Gasteiger partial charge < -0.3 is 0 Å². The second kappa shape index (κ2) is 31.7. The van der Waals surface area contributed by atoms with Crippen molar-refractivity contribution in [2.24, 2.45) is 11.8 Å². The van der Waals surface area contributed by atoms with E-state index >= 15 is 0 Å². The van der Waals surface area contributed by atoms with E-state index in [1.807, 2.05) is 0 Å². The molecule has 0 spiro atoms. The number of nitriles is 1. The monoisotopic (exact) mass is 518 g/mol. The molecule has 0 aromatic heterocycles. The third-order valence-corrected chi connectivity index (χ3v) is 8.68. The van der Waals surface area contributed by atoms with Crippen LogP contribution in [0.3, 0.4) is 0 Å². The van der Waals surface area contributed by atoms with E-state index in [2.05, 4.69) is 26.8 Å². The largest absolute Gasteiger partial charge is 0.198 e. The zero-order valence-corrected chi connectivity index (χ0v) is 26.3. The van der Waals surface area contributed by atoms with Crippen molar-refractivity contribution in [2.75, 3.05) is 0 Å². The molecule has 0 heterocycles. The minimum Gasteiger partial charge on any atom is -0.198 e. The van der Waals surface area contributed by atoms with Crippen LogP contribution in [0.15, 0.2) is 0 Å². The molecule has 0 aliphatic heterocycles. The highest BCUT2D eigenvalue weighted by Crippen LogP contribution is 2.22. The fourth-order valence-electron chi connectivity index (χ4n) is 5.90. The SMILES string of the molecule is CCCCCCCCCCCC(C)CCCC(C)CCCCCCCCCCCCCCCCCC#N. The molecule has 0 amide bonds. The Hall–Kier alpha value is -0.510. The number of hydrogen-bond acceptors (Lipinski definition) is 1. The van der Waals surface area contributed by atoms with Crippen LogP contribution < -0.4 is 0 Å². The van der Waals surface area contributed by atoms with E-state index in [0.29, 0.717) is 0 Å². The molecule has 220 valence electrons. The predicted molar refractivity (Wildman–Crippen MR) is 168 cm³/mol. The van der Waals surface area contributed by atoms with E-state index in [1.165, 1.54) is 180 Å². The first-order chi connectivity index (χ1) is 18.2. The summed E-state index contributed by atoms with van der Waals surface area (Å²) >= 11 is 0. The summed E-state index contributed by atoms with van der Waals surface area (Å²) in [7, 11) is 0. The third-order valence-electron chi connectivity index (χ3n) is 8.68. The summed E-state index contributed by atoms with van der Waals surface area (Å²) < 4.78 is 0. The molecule has 37 heavy (non-hydrogen) atoms. The van der Waals surface area contributed by atoms with E-state index in [9.17, 15) is 0 Å². The summed E-state index contributed by atoms with van der Waals surface area (Å²) in [6, 6.07) is 2.24. The standard InChI is InChI=1S/C36H71N/c1-4-5-6-7-8-17-20-23-26-30-35(2)32-29-33-36(3)31-27-24-21-18-15-13-11-9-10-12-14-16-19-22-25-28-34-37/h35-36H,4-33H2,1-3H3. The molecule has 0 saturated heterocycles. The van der Waals surface area contributed by atoms with E-state index < -0.39 is 0 Å². The Morgan fingerprint density at radius 2 is 0.649 bits per heavy atom. The summed E-state index contributed by atoms with van der Waals surface area (Å²) in [5, 5.41) is 8.54. The van der Waals surface area contributed by atoms with Gasteiger partial charge in [-0.25, -0.2) is 0 Å². The van der Waals surface area contributed by atoms with Gasteiger partial charge in [0.15, 0.2) is 0 Å². The first-order valence-corrected chi connectivity index (χ1v) is 17.6. The molecule has 0 radical (unpaired) electrons. The van der Waals surface area contributed by atoms with Gasteiger partial charge in [0.2, 0.25) is 0 Å². The maximum absolute atomic E-state index is 8.54. The number of rotatable bonds is 31. The lowest BCUT2D eigenvalue weighted by Crippen LogP contribution is -1.99. The molecule has 0 aliphatic carbocycles. The number of unbranched alkanes of at least 4 members (excludes halogenated alkanes) is 23. The molecule has 0 aliphatic rings. The molecule has 0 aromatic carbocycles. The molecule has 2 atom stereocenters. The maximum atomic E-state index is 8.54. The van der Waals surface area contributed by atoms with Gasteiger partial charge in [-0.1, -0.05) is 201 Å². The molecule has 0 fully saturated rings.